The van der Waals surface area contributed by atoms with Gasteiger partial charge in [0.2, 0.25) is 0 Å². The van der Waals surface area contributed by atoms with Gasteiger partial charge in [-0.15, -0.1) is 0 Å². The number of carboxylic acid groups (broad SMARTS) is 1. The smallest absolute Gasteiger partial charge is 0.335 e. The first-order valence-electron chi connectivity index (χ1n) is 6.10. The summed E-state index contributed by atoms with van der Waals surface area (Å²) in [6, 6.07) is 5.78. The van der Waals surface area contributed by atoms with E-state index in [4.69, 9.17) is 5.11 Å². The first-order chi connectivity index (χ1) is 9.90. The van der Waals surface area contributed by atoms with Crippen molar-refractivity contribution in [2.24, 2.45) is 0 Å². The molecule has 1 aromatic heterocycles. The van der Waals surface area contributed by atoms with Gasteiger partial charge in [0.05, 0.1) is 11.3 Å². The van der Waals surface area contributed by atoms with E-state index in [-0.39, 0.29) is 11.1 Å². The number of nitrogens with zero attached hydrogens (tertiary/aromatic N) is 1. The lowest BCUT2D eigenvalue weighted by Crippen LogP contribution is -2.26. The highest BCUT2D eigenvalue weighted by atomic mass is 16.4. The molecule has 3 N–H and O–H groups in total. The zero-order valence-corrected chi connectivity index (χ0v) is 11.4. The van der Waals surface area contributed by atoms with Crippen molar-refractivity contribution in [3.05, 3.63) is 57.0 Å². The van der Waals surface area contributed by atoms with Crippen LogP contribution < -0.4 is 10.9 Å². The van der Waals surface area contributed by atoms with Gasteiger partial charge in [0.1, 0.15) is 5.56 Å². The molecule has 1 amide bonds. The number of amides is 1. The average Bonchev–Trinajstić information content (AvgIpc) is 2.43. The van der Waals surface area contributed by atoms with Crippen LogP contribution >= 0.6 is 0 Å². The zero-order valence-electron chi connectivity index (χ0n) is 11.4. The number of aromatic nitrogens is 2. The van der Waals surface area contributed by atoms with E-state index in [1.165, 1.54) is 18.2 Å². The molecule has 1 heterocycles. The van der Waals surface area contributed by atoms with Crippen molar-refractivity contribution >= 4 is 17.6 Å². The zero-order chi connectivity index (χ0) is 15.6. The van der Waals surface area contributed by atoms with Crippen LogP contribution in [0.25, 0.3) is 0 Å². The number of carbonyl (C=O) groups is 2. The number of hydrogen-bond donors (Lipinski definition) is 3. The largest absolute Gasteiger partial charge is 0.478 e. The van der Waals surface area contributed by atoms with Crippen molar-refractivity contribution in [1.82, 2.24) is 10.2 Å². The number of nitrogens with one attached hydrogen (secondary N) is 2. The Morgan fingerprint density at radius 2 is 2.00 bits per heavy atom. The van der Waals surface area contributed by atoms with Gasteiger partial charge in [-0.3, -0.25) is 9.59 Å². The van der Waals surface area contributed by atoms with Crippen LogP contribution in [0.3, 0.4) is 0 Å². The van der Waals surface area contributed by atoms with Gasteiger partial charge in [-0.05, 0) is 37.6 Å². The topological polar surface area (TPSA) is 112 Å². The molecule has 2 aromatic rings. The number of H-pyrrole nitrogens is 1. The summed E-state index contributed by atoms with van der Waals surface area (Å²) in [4.78, 5) is 34.8. The molecule has 0 saturated carbocycles. The quantitative estimate of drug-likeness (QED) is 0.788. The van der Waals surface area contributed by atoms with Gasteiger partial charge in [0, 0.05) is 5.69 Å². The molecule has 1 aromatic carbocycles. The van der Waals surface area contributed by atoms with Crippen molar-refractivity contribution in [3.8, 4) is 0 Å². The summed E-state index contributed by atoms with van der Waals surface area (Å²) < 4.78 is 0. The lowest BCUT2D eigenvalue weighted by atomic mass is 10.1. The number of rotatable bonds is 3. The third kappa shape index (κ3) is 2.97. The second-order valence-electron chi connectivity index (χ2n) is 4.48. The van der Waals surface area contributed by atoms with Crippen molar-refractivity contribution in [3.63, 3.8) is 0 Å². The fraction of sp³-hybridized carbons (Fsp3) is 0.143. The minimum atomic E-state index is -1.10. The highest BCUT2D eigenvalue weighted by Gasteiger charge is 2.16. The van der Waals surface area contributed by atoms with Gasteiger partial charge in [-0.25, -0.2) is 9.89 Å². The van der Waals surface area contributed by atoms with Crippen LogP contribution in [-0.2, 0) is 0 Å². The van der Waals surface area contributed by atoms with Crippen molar-refractivity contribution in [1.29, 1.82) is 0 Å². The molecule has 7 nitrogen and oxygen atoms in total. The summed E-state index contributed by atoms with van der Waals surface area (Å²) >= 11 is 0. The minimum Gasteiger partial charge on any atom is -0.478 e. The molecule has 0 aliphatic carbocycles. The molecule has 0 atom stereocenters. The van der Waals surface area contributed by atoms with Crippen LogP contribution in [0, 0.1) is 13.8 Å². The number of aromatic carboxylic acids is 1. The van der Waals surface area contributed by atoms with E-state index in [2.05, 4.69) is 15.5 Å². The van der Waals surface area contributed by atoms with Crippen LogP contribution in [0.1, 0.15) is 32.0 Å². The molecule has 0 spiro atoms. The van der Waals surface area contributed by atoms with E-state index in [0.717, 1.165) is 0 Å². The van der Waals surface area contributed by atoms with E-state index in [1.807, 2.05) is 0 Å². The number of carbonyl (C=O) groups excluding carboxylic acids is 1. The normalized spacial score (nSPS) is 10.2. The van der Waals surface area contributed by atoms with Crippen molar-refractivity contribution in [2.45, 2.75) is 13.8 Å². The van der Waals surface area contributed by atoms with E-state index in [0.29, 0.717) is 16.9 Å². The Bertz CT molecular complexity index is 780. The number of carboxylic acids is 1. The molecule has 0 aliphatic rings. The van der Waals surface area contributed by atoms with Crippen molar-refractivity contribution < 1.29 is 14.7 Å². The summed E-state index contributed by atoms with van der Waals surface area (Å²) in [5.74, 6) is -1.71. The third-order valence-electron chi connectivity index (χ3n) is 3.06. The Balaban J connectivity index is 2.35. The standard InChI is InChI=1S/C14H13N3O4/c1-7-8(2)16-17-13(19)11(7)12(18)15-10-5-3-4-9(6-10)14(20)21/h3-6H,1-2H3,(H,15,18)(H,17,19)(H,20,21). The number of benzene rings is 1. The fourth-order valence-corrected chi connectivity index (χ4v) is 1.82. The summed E-state index contributed by atoms with van der Waals surface area (Å²) in [5, 5.41) is 17.4. The maximum atomic E-state index is 12.2. The predicted molar refractivity (Wildman–Crippen MR) is 75.7 cm³/mol. The minimum absolute atomic E-state index is 0.0387. The molecule has 108 valence electrons. The maximum absolute atomic E-state index is 12.2. The lowest BCUT2D eigenvalue weighted by molar-refractivity contribution is 0.0696. The van der Waals surface area contributed by atoms with Crippen LogP contribution in [0.4, 0.5) is 5.69 Å². The second kappa shape index (κ2) is 5.58. The number of aryl methyl sites for hydroxylation is 1. The highest BCUT2D eigenvalue weighted by Crippen LogP contribution is 2.13. The SMILES string of the molecule is Cc1n[nH]c(=O)c(C(=O)Nc2cccc(C(=O)O)c2)c1C. The van der Waals surface area contributed by atoms with Gasteiger partial charge >= 0.3 is 5.97 Å². The Morgan fingerprint density at radius 3 is 2.67 bits per heavy atom. The highest BCUT2D eigenvalue weighted by molar-refractivity contribution is 6.05. The first kappa shape index (κ1) is 14.4. The van der Waals surface area contributed by atoms with Crippen LogP contribution in [0.15, 0.2) is 29.1 Å². The van der Waals surface area contributed by atoms with Crippen LogP contribution in [0.2, 0.25) is 0 Å². The van der Waals surface area contributed by atoms with E-state index in [1.54, 1.807) is 19.9 Å². The Hall–Kier alpha value is -2.96. The Morgan fingerprint density at radius 1 is 1.29 bits per heavy atom. The summed E-state index contributed by atoms with van der Waals surface area (Å²) in [6.07, 6.45) is 0. The second-order valence-corrected chi connectivity index (χ2v) is 4.48. The lowest BCUT2D eigenvalue weighted by Gasteiger charge is -2.08. The summed E-state index contributed by atoms with van der Waals surface area (Å²) in [5.41, 5.74) is 0.732. The molecule has 0 fully saturated rings. The van der Waals surface area contributed by atoms with Crippen LogP contribution in [-0.4, -0.2) is 27.2 Å². The molecule has 0 radical (unpaired) electrons. The molecule has 0 saturated heterocycles. The fourth-order valence-electron chi connectivity index (χ4n) is 1.82. The molecule has 2 rings (SSSR count). The van der Waals surface area contributed by atoms with Gasteiger partial charge < -0.3 is 10.4 Å². The molecule has 7 heteroatoms. The van der Waals surface area contributed by atoms with Gasteiger partial charge in [-0.2, -0.15) is 5.10 Å². The summed E-state index contributed by atoms with van der Waals surface area (Å²) in [6.45, 7) is 3.30. The Labute approximate surface area is 119 Å². The predicted octanol–water partition coefficient (Wildman–Crippen LogP) is 1.34. The third-order valence-corrected chi connectivity index (χ3v) is 3.06. The summed E-state index contributed by atoms with van der Waals surface area (Å²) in [7, 11) is 0. The van der Waals surface area contributed by atoms with E-state index >= 15 is 0 Å². The van der Waals surface area contributed by atoms with Gasteiger partial charge in [0.15, 0.2) is 0 Å². The van der Waals surface area contributed by atoms with Crippen LogP contribution in [0.5, 0.6) is 0 Å². The molecule has 21 heavy (non-hydrogen) atoms. The number of aromatic amines is 1. The molecular formula is C14H13N3O4. The van der Waals surface area contributed by atoms with Gasteiger partial charge in [0.25, 0.3) is 11.5 Å². The molecule has 0 unspecified atom stereocenters. The molecular weight excluding hydrogens is 274 g/mol. The van der Waals surface area contributed by atoms with E-state index in [9.17, 15) is 14.4 Å². The maximum Gasteiger partial charge on any atom is 0.335 e. The van der Waals surface area contributed by atoms with Crippen molar-refractivity contribution in [2.75, 3.05) is 5.32 Å². The number of hydrogen-bond acceptors (Lipinski definition) is 4. The first-order valence-corrected chi connectivity index (χ1v) is 6.10. The number of anilines is 1. The van der Waals surface area contributed by atoms with E-state index < -0.39 is 17.4 Å². The van der Waals surface area contributed by atoms with Gasteiger partial charge in [-0.1, -0.05) is 6.07 Å². The molecule has 0 bridgehead atoms. The molecule has 0 aliphatic heterocycles. The average molecular weight is 287 g/mol. The Kier molecular flexibility index (Phi) is 3.84. The monoisotopic (exact) mass is 287 g/mol.